The maximum absolute atomic E-state index is 12.1. The zero-order valence-corrected chi connectivity index (χ0v) is 21.7. The van der Waals surface area contributed by atoms with Gasteiger partial charge in [0.05, 0.1) is 12.7 Å². The van der Waals surface area contributed by atoms with Gasteiger partial charge in [0.15, 0.2) is 0 Å². The molecule has 0 spiro atoms. The van der Waals surface area contributed by atoms with Crippen molar-refractivity contribution in [2.24, 2.45) is 0 Å². The normalized spacial score (nSPS) is 13.6. The quantitative estimate of drug-likeness (QED) is 0.198. The van der Waals surface area contributed by atoms with Crippen LogP contribution >= 0.6 is 104 Å². The van der Waals surface area contributed by atoms with Gasteiger partial charge in [0, 0.05) is 16.7 Å². The van der Waals surface area contributed by atoms with Gasteiger partial charge in [-0.05, 0) is 13.3 Å². The highest BCUT2D eigenvalue weighted by Gasteiger charge is 2.44. The Labute approximate surface area is 215 Å². The average Bonchev–Trinajstić information content (AvgIpc) is 2.47. The Morgan fingerprint density at radius 2 is 1.23 bits per heavy atom. The number of carboxylic acids is 1. The molecule has 0 heterocycles. The number of carbonyl (C=O) groups excluding carboxylic acids is 1. The molecule has 0 radical (unpaired) electrons. The summed E-state index contributed by atoms with van der Waals surface area (Å²) in [5.41, 5.74) is -2.92. The number of allylic oxidation sites excluding steroid dienone is 2. The SMILES string of the molecule is C/C(=C(/C(=O)O)C(Cl)(Cl)Cl)C(F)(F)F.CCC(C(=O)OC)=C(C(Cl)(Cl)Cl)C(Cl)(Cl)Cl. The third-order valence-electron chi connectivity index (χ3n) is 2.95. The minimum absolute atomic E-state index is 0.0301. The fourth-order valence-electron chi connectivity index (χ4n) is 1.69. The fraction of sp³-hybridized carbons (Fsp3) is 0.571. The van der Waals surface area contributed by atoms with Crippen molar-refractivity contribution in [1.82, 2.24) is 0 Å². The Morgan fingerprint density at radius 1 is 0.867 bits per heavy atom. The smallest absolute Gasteiger partial charge is 0.413 e. The van der Waals surface area contributed by atoms with Crippen LogP contribution in [0.15, 0.2) is 22.3 Å². The molecule has 176 valence electrons. The number of aliphatic carboxylic acids is 1. The maximum atomic E-state index is 12.1. The Morgan fingerprint density at radius 3 is 1.37 bits per heavy atom. The molecule has 0 saturated heterocycles. The lowest BCUT2D eigenvalue weighted by Gasteiger charge is -2.25. The van der Waals surface area contributed by atoms with Crippen LogP contribution < -0.4 is 0 Å². The number of carbonyl (C=O) groups is 2. The Bertz CT molecular complexity index is 683. The van der Waals surface area contributed by atoms with Gasteiger partial charge in [-0.3, -0.25) is 0 Å². The molecular formula is C14H12Cl9F3O4. The van der Waals surface area contributed by atoms with Crippen LogP contribution in [0.25, 0.3) is 0 Å². The number of carboxylic acid groups (broad SMARTS) is 1. The van der Waals surface area contributed by atoms with E-state index in [-0.39, 0.29) is 17.6 Å². The largest absolute Gasteiger partial charge is 0.478 e. The van der Waals surface area contributed by atoms with E-state index >= 15 is 0 Å². The van der Waals surface area contributed by atoms with Crippen LogP contribution in [0.4, 0.5) is 13.2 Å². The summed E-state index contributed by atoms with van der Waals surface area (Å²) in [7, 11) is 1.19. The summed E-state index contributed by atoms with van der Waals surface area (Å²) in [6.07, 6.45) is -4.62. The van der Waals surface area contributed by atoms with Crippen LogP contribution in [-0.4, -0.2) is 41.7 Å². The number of methoxy groups -OCH3 is 1. The minimum Gasteiger partial charge on any atom is -0.478 e. The standard InChI is InChI=1S/C8H8Cl6O2.C6H4Cl3F3O2/c1-3-4(6(15)16-2)5(7(9,10)11)8(12,13)14;1-2(6(10,11)12)3(4(13)14)5(7,8)9/h3H2,1-2H3;1H3,(H,13,14)/b;3-2+. The van der Waals surface area contributed by atoms with Crippen molar-refractivity contribution in [2.45, 2.75) is 37.8 Å². The van der Waals surface area contributed by atoms with Crippen molar-refractivity contribution in [2.75, 3.05) is 7.11 Å². The third-order valence-corrected chi connectivity index (χ3v) is 4.65. The number of alkyl halides is 12. The first-order chi connectivity index (χ1) is 13.0. The Hall–Kier alpha value is 0.820. The minimum atomic E-state index is -4.84. The Kier molecular flexibility index (Phi) is 13.6. The van der Waals surface area contributed by atoms with Crippen molar-refractivity contribution < 1.29 is 32.6 Å². The molecule has 0 bridgehead atoms. The van der Waals surface area contributed by atoms with E-state index in [1.807, 2.05) is 0 Å². The molecule has 0 amide bonds. The van der Waals surface area contributed by atoms with Crippen molar-refractivity contribution in [3.63, 3.8) is 0 Å². The van der Waals surface area contributed by atoms with Gasteiger partial charge >= 0.3 is 18.1 Å². The molecule has 30 heavy (non-hydrogen) atoms. The highest BCUT2D eigenvalue weighted by atomic mass is 35.6. The number of hydrogen-bond donors (Lipinski definition) is 1. The lowest BCUT2D eigenvalue weighted by atomic mass is 10.1. The van der Waals surface area contributed by atoms with E-state index in [1.165, 1.54) is 7.11 Å². The molecule has 0 aliphatic carbocycles. The van der Waals surface area contributed by atoms with Crippen LogP contribution in [0.3, 0.4) is 0 Å². The molecule has 0 aromatic carbocycles. The predicted octanol–water partition coefficient (Wildman–Crippen LogP) is 7.93. The first-order valence-electron chi connectivity index (χ1n) is 7.07. The van der Waals surface area contributed by atoms with Crippen molar-refractivity contribution >= 4 is 116 Å². The molecule has 0 aliphatic heterocycles. The van der Waals surface area contributed by atoms with Gasteiger partial charge in [-0.2, -0.15) is 13.2 Å². The van der Waals surface area contributed by atoms with Gasteiger partial charge in [0.25, 0.3) is 0 Å². The van der Waals surface area contributed by atoms with Crippen LogP contribution in [0.5, 0.6) is 0 Å². The van der Waals surface area contributed by atoms with Crippen LogP contribution in [0, 0.1) is 0 Å². The third kappa shape index (κ3) is 11.1. The zero-order chi connectivity index (χ0) is 24.9. The molecule has 0 aromatic heterocycles. The summed E-state index contributed by atoms with van der Waals surface area (Å²) >= 11 is 49.3. The first kappa shape index (κ1) is 33.0. The average molecular weight is 620 g/mol. The lowest BCUT2D eigenvalue weighted by Crippen LogP contribution is -2.26. The molecular weight excluding hydrogens is 608 g/mol. The van der Waals surface area contributed by atoms with Gasteiger partial charge in [0.1, 0.15) is 0 Å². The molecule has 0 aromatic rings. The van der Waals surface area contributed by atoms with E-state index < -0.39 is 40.6 Å². The summed E-state index contributed by atoms with van der Waals surface area (Å²) in [6.45, 7) is 2.18. The molecule has 0 fully saturated rings. The summed E-state index contributed by atoms with van der Waals surface area (Å²) < 4.78 is 34.2. The van der Waals surface area contributed by atoms with E-state index in [2.05, 4.69) is 4.74 Å². The number of ether oxygens (including phenoxy) is 1. The highest BCUT2D eigenvalue weighted by molar-refractivity contribution is 6.76. The number of esters is 1. The molecule has 16 heteroatoms. The van der Waals surface area contributed by atoms with E-state index in [1.54, 1.807) is 6.92 Å². The second-order valence-corrected chi connectivity index (χ2v) is 11.8. The number of halogens is 12. The van der Waals surface area contributed by atoms with Crippen LogP contribution in [-0.2, 0) is 14.3 Å². The topological polar surface area (TPSA) is 63.6 Å². The molecule has 0 unspecified atom stereocenters. The van der Waals surface area contributed by atoms with Gasteiger partial charge in [-0.1, -0.05) is 111 Å². The fourth-order valence-corrected chi connectivity index (χ4v) is 4.32. The van der Waals surface area contributed by atoms with Crippen molar-refractivity contribution in [1.29, 1.82) is 0 Å². The molecule has 4 nitrogen and oxygen atoms in total. The lowest BCUT2D eigenvalue weighted by molar-refractivity contribution is -0.136. The second kappa shape index (κ2) is 12.3. The monoisotopic (exact) mass is 616 g/mol. The predicted molar refractivity (Wildman–Crippen MR) is 117 cm³/mol. The zero-order valence-electron chi connectivity index (χ0n) is 14.9. The van der Waals surface area contributed by atoms with Gasteiger partial charge < -0.3 is 9.84 Å². The summed E-state index contributed by atoms with van der Waals surface area (Å²) in [4.78, 5) is 21.9. The van der Waals surface area contributed by atoms with Crippen LogP contribution in [0.2, 0.25) is 0 Å². The number of rotatable bonds is 3. The molecule has 0 aliphatic rings. The summed E-state index contributed by atoms with van der Waals surface area (Å²) in [6, 6.07) is 0. The van der Waals surface area contributed by atoms with E-state index in [0.29, 0.717) is 6.92 Å². The summed E-state index contributed by atoms with van der Waals surface area (Å²) in [5.74, 6) is -2.62. The van der Waals surface area contributed by atoms with Gasteiger partial charge in [0.2, 0.25) is 11.4 Å². The molecule has 0 atom stereocenters. The summed E-state index contributed by atoms with van der Waals surface area (Å²) in [5, 5.41) is 8.43. The van der Waals surface area contributed by atoms with Crippen molar-refractivity contribution in [3.8, 4) is 0 Å². The first-order valence-corrected chi connectivity index (χ1v) is 10.5. The molecule has 1 N–H and O–H groups in total. The van der Waals surface area contributed by atoms with Crippen molar-refractivity contribution in [3.05, 3.63) is 22.3 Å². The second-order valence-electron chi connectivity index (χ2n) is 4.99. The van der Waals surface area contributed by atoms with E-state index in [9.17, 15) is 22.8 Å². The van der Waals surface area contributed by atoms with Crippen LogP contribution in [0.1, 0.15) is 20.3 Å². The highest BCUT2D eigenvalue weighted by Crippen LogP contribution is 2.50. The van der Waals surface area contributed by atoms with Gasteiger partial charge in [-0.25, -0.2) is 9.59 Å². The van der Waals surface area contributed by atoms with E-state index in [0.717, 1.165) is 0 Å². The Balaban J connectivity index is 0. The number of hydrogen-bond acceptors (Lipinski definition) is 3. The van der Waals surface area contributed by atoms with Gasteiger partial charge in [-0.15, -0.1) is 0 Å². The molecule has 0 rings (SSSR count). The molecule has 0 saturated carbocycles. The maximum Gasteiger partial charge on any atom is 0.413 e. The van der Waals surface area contributed by atoms with E-state index in [4.69, 9.17) is 110 Å².